The molecule has 1 saturated heterocycles. The smallest absolute Gasteiger partial charge is 0.288 e. The summed E-state index contributed by atoms with van der Waals surface area (Å²) in [5, 5.41) is 3.06. The molecule has 2 aromatic carbocycles. The van der Waals surface area contributed by atoms with E-state index in [1.807, 2.05) is 29.2 Å². The van der Waals surface area contributed by atoms with E-state index in [-0.39, 0.29) is 5.91 Å². The van der Waals surface area contributed by atoms with Gasteiger partial charge in [0, 0.05) is 54.1 Å². The van der Waals surface area contributed by atoms with Crippen LogP contribution in [-0.2, 0) is 6.54 Å². The number of hydrogen-bond donors (Lipinski definition) is 0. The van der Waals surface area contributed by atoms with E-state index in [9.17, 15) is 13.6 Å². The fourth-order valence-corrected chi connectivity index (χ4v) is 4.86. The van der Waals surface area contributed by atoms with E-state index in [2.05, 4.69) is 10.3 Å². The van der Waals surface area contributed by atoms with E-state index >= 15 is 0 Å². The van der Waals surface area contributed by atoms with E-state index < -0.39 is 5.76 Å². The summed E-state index contributed by atoms with van der Waals surface area (Å²) in [6.07, 6.45) is 0. The molecule has 0 saturated carbocycles. The van der Waals surface area contributed by atoms with Gasteiger partial charge in [-0.05, 0) is 48.5 Å². The van der Waals surface area contributed by atoms with Crippen LogP contribution in [0.2, 0.25) is 0 Å². The molecule has 9 heteroatoms. The predicted octanol–water partition coefficient (Wildman–Crippen LogP) is 5.09. The summed E-state index contributed by atoms with van der Waals surface area (Å²) in [5.74, 6) is -1.70. The lowest BCUT2D eigenvalue weighted by molar-refractivity contribution is 0.0627. The fraction of sp³-hybridized carbons (Fsp3) is 0.304. The molecule has 1 aromatic heterocycles. The number of hydrogen-bond acceptors (Lipinski definition) is 6. The Bertz CT molecular complexity index is 1030. The van der Waals surface area contributed by atoms with Gasteiger partial charge in [0.05, 0.1) is 12.8 Å². The highest BCUT2D eigenvalue weighted by Gasteiger charge is 2.23. The number of carbonyl (C=O) groups excluding carboxylic acids is 1. The van der Waals surface area contributed by atoms with Crippen LogP contribution in [0, 0.1) is 0 Å². The Hall–Kier alpha value is -2.49. The normalized spacial score (nSPS) is 14.7. The van der Waals surface area contributed by atoms with Crippen LogP contribution in [0.1, 0.15) is 16.1 Å². The fourth-order valence-electron chi connectivity index (χ4n) is 3.55. The summed E-state index contributed by atoms with van der Waals surface area (Å²) in [7, 11) is 1.65. The van der Waals surface area contributed by atoms with Crippen LogP contribution in [0.3, 0.4) is 0 Å². The second kappa shape index (κ2) is 10.4. The van der Waals surface area contributed by atoms with Crippen molar-refractivity contribution in [1.82, 2.24) is 14.8 Å². The zero-order valence-corrected chi connectivity index (χ0v) is 19.2. The number of ether oxygens (including phenoxy) is 1. The van der Waals surface area contributed by atoms with Gasteiger partial charge in [0.25, 0.3) is 11.7 Å². The van der Waals surface area contributed by atoms with Crippen molar-refractivity contribution in [1.29, 1.82) is 0 Å². The van der Waals surface area contributed by atoms with Gasteiger partial charge in [-0.15, -0.1) is 11.3 Å². The van der Waals surface area contributed by atoms with Crippen molar-refractivity contribution in [3.05, 3.63) is 65.2 Å². The summed E-state index contributed by atoms with van der Waals surface area (Å²) >= 11 is 2.10. The first-order valence-corrected chi connectivity index (χ1v) is 11.9. The first kappa shape index (κ1) is 22.7. The van der Waals surface area contributed by atoms with Crippen molar-refractivity contribution in [3.8, 4) is 16.3 Å². The number of benzene rings is 2. The molecule has 168 valence electrons. The maximum atomic E-state index is 12.7. The number of aromatic nitrogens is 1. The second-order valence-electron chi connectivity index (χ2n) is 7.34. The van der Waals surface area contributed by atoms with E-state index in [0.29, 0.717) is 35.3 Å². The van der Waals surface area contributed by atoms with Crippen molar-refractivity contribution in [2.45, 2.75) is 17.2 Å². The van der Waals surface area contributed by atoms with Crippen molar-refractivity contribution < 1.29 is 18.3 Å². The molecule has 4 rings (SSSR count). The number of nitrogens with zero attached hydrogens (tertiary/aromatic N) is 3. The minimum atomic E-state index is -2.46. The number of alkyl halides is 2. The Morgan fingerprint density at radius 1 is 1.09 bits per heavy atom. The summed E-state index contributed by atoms with van der Waals surface area (Å²) in [6.45, 7) is 3.53. The first-order valence-electron chi connectivity index (χ1n) is 10.2. The maximum Gasteiger partial charge on any atom is 0.288 e. The summed E-state index contributed by atoms with van der Waals surface area (Å²) < 4.78 is 30.1. The van der Waals surface area contributed by atoms with Crippen LogP contribution in [0.25, 0.3) is 10.6 Å². The molecule has 0 unspecified atom stereocenters. The topological polar surface area (TPSA) is 45.7 Å². The highest BCUT2D eigenvalue weighted by atomic mass is 32.2. The standard InChI is InChI=1S/C23H23F2N3O2S2/c1-30-19-6-2-16(3-7-19)21-26-18(15-31-21)14-27-10-12-28(13-11-27)22(29)17-4-8-20(9-5-17)32-23(24)25/h2-9,15,23H,10-14H2,1H3. The van der Waals surface area contributed by atoms with Crippen LogP contribution >= 0.6 is 23.1 Å². The lowest BCUT2D eigenvalue weighted by Gasteiger charge is -2.34. The van der Waals surface area contributed by atoms with Gasteiger partial charge < -0.3 is 9.64 Å². The lowest BCUT2D eigenvalue weighted by Crippen LogP contribution is -2.48. The third-order valence-electron chi connectivity index (χ3n) is 5.26. The first-order chi connectivity index (χ1) is 15.5. The molecule has 3 aromatic rings. The second-order valence-corrected chi connectivity index (χ2v) is 9.27. The summed E-state index contributed by atoms with van der Waals surface area (Å²) in [5.41, 5.74) is 2.61. The average molecular weight is 476 g/mol. The van der Waals surface area contributed by atoms with Gasteiger partial charge in [-0.2, -0.15) is 8.78 Å². The lowest BCUT2D eigenvalue weighted by atomic mass is 10.2. The zero-order chi connectivity index (χ0) is 22.5. The molecule has 2 heterocycles. The number of carbonyl (C=O) groups is 1. The molecule has 0 bridgehead atoms. The van der Waals surface area contributed by atoms with Crippen LogP contribution < -0.4 is 4.74 Å². The Balaban J connectivity index is 1.29. The van der Waals surface area contributed by atoms with E-state index in [1.54, 1.807) is 42.7 Å². The number of piperazine rings is 1. The number of amides is 1. The molecule has 0 radical (unpaired) electrons. The number of halogens is 2. The van der Waals surface area contributed by atoms with E-state index in [4.69, 9.17) is 9.72 Å². The van der Waals surface area contributed by atoms with Gasteiger partial charge in [0.2, 0.25) is 0 Å². The number of rotatable bonds is 7. The molecular weight excluding hydrogens is 452 g/mol. The summed E-state index contributed by atoms with van der Waals surface area (Å²) in [6, 6.07) is 14.3. The predicted molar refractivity (Wildman–Crippen MR) is 124 cm³/mol. The molecule has 1 aliphatic heterocycles. The third kappa shape index (κ3) is 5.65. The van der Waals surface area contributed by atoms with Crippen molar-refractivity contribution in [2.24, 2.45) is 0 Å². The maximum absolute atomic E-state index is 12.7. The van der Waals surface area contributed by atoms with Gasteiger partial charge in [-0.25, -0.2) is 4.98 Å². The summed E-state index contributed by atoms with van der Waals surface area (Å²) in [4.78, 5) is 22.1. The molecule has 32 heavy (non-hydrogen) atoms. The molecule has 1 amide bonds. The van der Waals surface area contributed by atoms with Gasteiger partial charge >= 0.3 is 0 Å². The molecule has 0 atom stereocenters. The number of methoxy groups -OCH3 is 1. The Morgan fingerprint density at radius 3 is 2.41 bits per heavy atom. The van der Waals surface area contributed by atoms with E-state index in [0.717, 1.165) is 41.6 Å². The van der Waals surface area contributed by atoms with Gasteiger partial charge in [0.1, 0.15) is 10.8 Å². The minimum Gasteiger partial charge on any atom is -0.497 e. The van der Waals surface area contributed by atoms with Crippen molar-refractivity contribution in [2.75, 3.05) is 33.3 Å². The van der Waals surface area contributed by atoms with Gasteiger partial charge in [-0.1, -0.05) is 11.8 Å². The molecule has 0 aliphatic carbocycles. The SMILES string of the molecule is COc1ccc(-c2nc(CN3CCN(C(=O)c4ccc(SC(F)F)cc4)CC3)cs2)cc1. The van der Waals surface area contributed by atoms with Crippen molar-refractivity contribution >= 4 is 29.0 Å². The zero-order valence-electron chi connectivity index (χ0n) is 17.5. The van der Waals surface area contributed by atoms with Crippen LogP contribution in [0.5, 0.6) is 5.75 Å². The number of thioether (sulfide) groups is 1. The third-order valence-corrected chi connectivity index (χ3v) is 6.92. The Labute approximate surface area is 194 Å². The van der Waals surface area contributed by atoms with Crippen molar-refractivity contribution in [3.63, 3.8) is 0 Å². The number of thiazole rings is 1. The minimum absolute atomic E-state index is 0.0614. The molecule has 0 N–H and O–H groups in total. The van der Waals surface area contributed by atoms with Crippen LogP contribution in [0.15, 0.2) is 58.8 Å². The molecule has 1 aliphatic rings. The monoisotopic (exact) mass is 475 g/mol. The Morgan fingerprint density at radius 2 is 1.78 bits per heavy atom. The highest BCUT2D eigenvalue weighted by Crippen LogP contribution is 2.27. The van der Waals surface area contributed by atoms with Gasteiger partial charge in [0.15, 0.2) is 0 Å². The largest absolute Gasteiger partial charge is 0.497 e. The molecule has 0 spiro atoms. The van der Waals surface area contributed by atoms with Gasteiger partial charge in [-0.3, -0.25) is 9.69 Å². The molecular formula is C23H23F2N3O2S2. The van der Waals surface area contributed by atoms with Crippen LogP contribution in [0.4, 0.5) is 8.78 Å². The average Bonchev–Trinajstić information content (AvgIpc) is 3.28. The van der Waals surface area contributed by atoms with Crippen LogP contribution in [-0.4, -0.2) is 59.7 Å². The van der Waals surface area contributed by atoms with E-state index in [1.165, 1.54) is 0 Å². The molecule has 1 fully saturated rings. The highest BCUT2D eigenvalue weighted by molar-refractivity contribution is 7.99. The Kier molecular flexibility index (Phi) is 7.39. The quantitative estimate of drug-likeness (QED) is 0.446. The molecule has 5 nitrogen and oxygen atoms in total.